The van der Waals surface area contributed by atoms with Crippen LogP contribution >= 0.6 is 0 Å². The van der Waals surface area contributed by atoms with Crippen LogP contribution in [0.3, 0.4) is 0 Å². The topological polar surface area (TPSA) is 79.0 Å². The molecule has 7 nitrogen and oxygen atoms in total. The van der Waals surface area contributed by atoms with Crippen LogP contribution in [0.4, 0.5) is 0 Å². The van der Waals surface area contributed by atoms with Crippen LogP contribution < -0.4 is 5.56 Å². The lowest BCUT2D eigenvalue weighted by atomic mass is 10.2. The van der Waals surface area contributed by atoms with Gasteiger partial charge in [-0.25, -0.2) is 9.67 Å². The first kappa shape index (κ1) is 16.9. The highest BCUT2D eigenvalue weighted by molar-refractivity contribution is 5.76. The van der Waals surface area contributed by atoms with Crippen LogP contribution in [0.5, 0.6) is 0 Å². The zero-order valence-corrected chi connectivity index (χ0v) is 14.5. The summed E-state index contributed by atoms with van der Waals surface area (Å²) in [6.45, 7) is 5.77. The molecule has 0 bridgehead atoms. The minimum Gasteiger partial charge on any atom is -0.464 e. The van der Waals surface area contributed by atoms with Gasteiger partial charge < -0.3 is 4.74 Å². The van der Waals surface area contributed by atoms with E-state index in [2.05, 4.69) is 10.1 Å². The molecule has 0 aliphatic heterocycles. The van der Waals surface area contributed by atoms with Crippen molar-refractivity contribution in [3.8, 4) is 5.69 Å². The number of para-hydroxylation sites is 1. The number of esters is 1. The largest absolute Gasteiger partial charge is 0.464 e. The average Bonchev–Trinajstić information content (AvgIpc) is 3.01. The molecule has 0 N–H and O–H groups in total. The van der Waals surface area contributed by atoms with Crippen molar-refractivity contribution in [3.63, 3.8) is 0 Å². The molecule has 25 heavy (non-hydrogen) atoms. The van der Waals surface area contributed by atoms with E-state index in [1.54, 1.807) is 11.6 Å². The van der Waals surface area contributed by atoms with E-state index in [0.29, 0.717) is 23.5 Å². The van der Waals surface area contributed by atoms with Gasteiger partial charge in [-0.2, -0.15) is 5.10 Å². The Kier molecular flexibility index (Phi) is 4.65. The molecule has 7 heteroatoms. The Hall–Kier alpha value is -2.96. The van der Waals surface area contributed by atoms with Crippen molar-refractivity contribution in [2.75, 3.05) is 6.61 Å². The van der Waals surface area contributed by atoms with Gasteiger partial charge in [0.15, 0.2) is 5.65 Å². The van der Waals surface area contributed by atoms with Crippen LogP contribution in [-0.4, -0.2) is 31.9 Å². The van der Waals surface area contributed by atoms with E-state index in [-0.39, 0.29) is 18.0 Å². The fourth-order valence-corrected chi connectivity index (χ4v) is 2.49. The van der Waals surface area contributed by atoms with Crippen molar-refractivity contribution in [3.05, 3.63) is 52.7 Å². The third kappa shape index (κ3) is 3.45. The number of nitrogens with zero attached hydrogens (tertiary/aromatic N) is 4. The predicted molar refractivity (Wildman–Crippen MR) is 93.7 cm³/mol. The van der Waals surface area contributed by atoms with E-state index >= 15 is 0 Å². The number of hydrogen-bond donors (Lipinski definition) is 0. The molecule has 130 valence electrons. The number of aryl methyl sites for hydroxylation is 1. The van der Waals surface area contributed by atoms with E-state index in [4.69, 9.17) is 4.74 Å². The molecule has 2 heterocycles. The first-order chi connectivity index (χ1) is 12.0. The standard InChI is InChI=1S/C18H20N4O3/c1-12(2)11-25-16(23)10-21-13(3)20-17-15(18(21)24)9-19-22(17)14-7-5-4-6-8-14/h4-9,12H,10-11H2,1-3H3. The maximum atomic E-state index is 12.7. The van der Waals surface area contributed by atoms with Gasteiger partial charge in [0, 0.05) is 0 Å². The zero-order valence-electron chi connectivity index (χ0n) is 14.5. The molecule has 0 saturated carbocycles. The second-order valence-electron chi connectivity index (χ2n) is 6.26. The summed E-state index contributed by atoms with van der Waals surface area (Å²) in [7, 11) is 0. The SMILES string of the molecule is Cc1nc2c(cnn2-c2ccccc2)c(=O)n1CC(=O)OCC(C)C. The van der Waals surface area contributed by atoms with Gasteiger partial charge in [-0.15, -0.1) is 0 Å². The van der Waals surface area contributed by atoms with E-state index in [1.807, 2.05) is 44.2 Å². The third-order valence-corrected chi connectivity index (χ3v) is 3.74. The molecule has 0 aliphatic rings. The molecule has 0 spiro atoms. The zero-order chi connectivity index (χ0) is 18.0. The van der Waals surface area contributed by atoms with Crippen molar-refractivity contribution in [1.82, 2.24) is 19.3 Å². The Morgan fingerprint density at radius 3 is 2.64 bits per heavy atom. The Labute approximate surface area is 144 Å². The van der Waals surface area contributed by atoms with E-state index in [0.717, 1.165) is 5.69 Å². The number of carbonyl (C=O) groups is 1. The van der Waals surface area contributed by atoms with Gasteiger partial charge in [0.1, 0.15) is 17.8 Å². The van der Waals surface area contributed by atoms with Crippen molar-refractivity contribution < 1.29 is 9.53 Å². The molecule has 0 fully saturated rings. The lowest BCUT2D eigenvalue weighted by molar-refractivity contribution is -0.145. The molecule has 0 saturated heterocycles. The van der Waals surface area contributed by atoms with Gasteiger partial charge in [0.25, 0.3) is 5.56 Å². The van der Waals surface area contributed by atoms with Gasteiger partial charge in [-0.1, -0.05) is 32.0 Å². The predicted octanol–water partition coefficient (Wildman–Crippen LogP) is 2.09. The van der Waals surface area contributed by atoms with Gasteiger partial charge in [-0.05, 0) is 25.0 Å². The third-order valence-electron chi connectivity index (χ3n) is 3.74. The summed E-state index contributed by atoms with van der Waals surface area (Å²) >= 11 is 0. The summed E-state index contributed by atoms with van der Waals surface area (Å²) in [5.74, 6) is 0.235. The number of hydrogen-bond acceptors (Lipinski definition) is 5. The normalized spacial score (nSPS) is 11.2. The Bertz CT molecular complexity index is 958. The van der Waals surface area contributed by atoms with Gasteiger partial charge in [-0.3, -0.25) is 14.2 Å². The highest BCUT2D eigenvalue weighted by atomic mass is 16.5. The van der Waals surface area contributed by atoms with Crippen LogP contribution in [0, 0.1) is 12.8 Å². The average molecular weight is 340 g/mol. The highest BCUT2D eigenvalue weighted by Gasteiger charge is 2.16. The Balaban J connectivity index is 1.98. The summed E-state index contributed by atoms with van der Waals surface area (Å²) in [6, 6.07) is 9.46. The van der Waals surface area contributed by atoms with Crippen LogP contribution in [0.15, 0.2) is 41.3 Å². The Morgan fingerprint density at radius 2 is 1.96 bits per heavy atom. The molecule has 0 aliphatic carbocycles. The maximum Gasteiger partial charge on any atom is 0.326 e. The molecular formula is C18H20N4O3. The number of ether oxygens (including phenoxy) is 1. The monoisotopic (exact) mass is 340 g/mol. The minimum absolute atomic E-state index is 0.156. The summed E-state index contributed by atoms with van der Waals surface area (Å²) in [5.41, 5.74) is 0.990. The van der Waals surface area contributed by atoms with Crippen LogP contribution in [0.25, 0.3) is 16.7 Å². The molecule has 0 radical (unpaired) electrons. The first-order valence-corrected chi connectivity index (χ1v) is 8.13. The number of rotatable bonds is 5. The van der Waals surface area contributed by atoms with Crippen molar-refractivity contribution in [2.45, 2.75) is 27.3 Å². The molecule has 2 aromatic heterocycles. The smallest absolute Gasteiger partial charge is 0.326 e. The quantitative estimate of drug-likeness (QED) is 0.665. The van der Waals surface area contributed by atoms with Gasteiger partial charge >= 0.3 is 5.97 Å². The van der Waals surface area contributed by atoms with Crippen molar-refractivity contribution >= 4 is 17.0 Å². The van der Waals surface area contributed by atoms with Crippen molar-refractivity contribution in [1.29, 1.82) is 0 Å². The van der Waals surface area contributed by atoms with Crippen LogP contribution in [0.2, 0.25) is 0 Å². The van der Waals surface area contributed by atoms with Gasteiger partial charge in [0.05, 0.1) is 18.5 Å². The van der Waals surface area contributed by atoms with Crippen molar-refractivity contribution in [2.24, 2.45) is 5.92 Å². The molecule has 0 atom stereocenters. The second kappa shape index (κ2) is 6.88. The summed E-state index contributed by atoms with van der Waals surface area (Å²) in [4.78, 5) is 29.2. The fourth-order valence-electron chi connectivity index (χ4n) is 2.49. The molecule has 1 aromatic carbocycles. The first-order valence-electron chi connectivity index (χ1n) is 8.13. The molecule has 0 amide bonds. The number of fused-ring (bicyclic) bond motifs is 1. The molecule has 3 aromatic rings. The van der Waals surface area contributed by atoms with E-state index < -0.39 is 5.97 Å². The summed E-state index contributed by atoms with van der Waals surface area (Å²) in [6.07, 6.45) is 1.48. The lowest BCUT2D eigenvalue weighted by Gasteiger charge is -2.11. The summed E-state index contributed by atoms with van der Waals surface area (Å²) < 4.78 is 8.09. The van der Waals surface area contributed by atoms with E-state index in [1.165, 1.54) is 10.8 Å². The maximum absolute atomic E-state index is 12.7. The molecule has 0 unspecified atom stereocenters. The Morgan fingerprint density at radius 1 is 1.24 bits per heavy atom. The number of carbonyl (C=O) groups excluding carboxylic acids is 1. The lowest BCUT2D eigenvalue weighted by Crippen LogP contribution is -2.28. The number of benzene rings is 1. The molecular weight excluding hydrogens is 320 g/mol. The van der Waals surface area contributed by atoms with Crippen LogP contribution in [0.1, 0.15) is 19.7 Å². The van der Waals surface area contributed by atoms with Crippen LogP contribution in [-0.2, 0) is 16.1 Å². The highest BCUT2D eigenvalue weighted by Crippen LogP contribution is 2.14. The number of aromatic nitrogens is 4. The van der Waals surface area contributed by atoms with Gasteiger partial charge in [0.2, 0.25) is 0 Å². The summed E-state index contributed by atoms with van der Waals surface area (Å²) in [5, 5.41) is 4.64. The molecule has 3 rings (SSSR count). The second-order valence-corrected chi connectivity index (χ2v) is 6.26. The minimum atomic E-state index is -0.449. The van der Waals surface area contributed by atoms with E-state index in [9.17, 15) is 9.59 Å². The fraction of sp³-hybridized carbons (Fsp3) is 0.333.